The number of carbonyl (C=O) groups excluding carboxylic acids is 3. The topological polar surface area (TPSA) is 63.7 Å². The molecule has 0 aliphatic carbocycles. The second-order valence-electron chi connectivity index (χ2n) is 6.83. The molecule has 0 saturated carbocycles. The van der Waals surface area contributed by atoms with Gasteiger partial charge in [-0.2, -0.15) is 0 Å². The first kappa shape index (κ1) is 18.5. The zero-order valence-corrected chi connectivity index (χ0v) is 15.3. The lowest BCUT2D eigenvalue weighted by atomic mass is 9.85. The van der Waals surface area contributed by atoms with Crippen molar-refractivity contribution in [2.45, 2.75) is 39.0 Å². The van der Waals surface area contributed by atoms with Gasteiger partial charge in [0.1, 0.15) is 6.61 Å². The molecule has 6 heteroatoms. The SMILES string of the molecule is CC(=O)SC[C@@H](C(=O)N1CCOC1=O)c1ccc(C(C)(C)C)cc1. The summed E-state index contributed by atoms with van der Waals surface area (Å²) in [5.74, 6) is -0.541. The summed E-state index contributed by atoms with van der Waals surface area (Å²) < 4.78 is 4.85. The molecule has 1 aromatic rings. The molecule has 0 aromatic heterocycles. The second kappa shape index (κ2) is 7.38. The summed E-state index contributed by atoms with van der Waals surface area (Å²) in [6.45, 7) is 8.32. The minimum atomic E-state index is -0.607. The van der Waals surface area contributed by atoms with Gasteiger partial charge in [-0.3, -0.25) is 9.59 Å². The molecule has 1 aliphatic heterocycles. The maximum absolute atomic E-state index is 12.8. The molecule has 0 radical (unpaired) electrons. The predicted octanol–water partition coefficient (Wildman–Crippen LogP) is 3.33. The third kappa shape index (κ3) is 4.38. The molecule has 1 saturated heterocycles. The van der Waals surface area contributed by atoms with E-state index in [9.17, 15) is 14.4 Å². The first-order valence-electron chi connectivity index (χ1n) is 7.92. The van der Waals surface area contributed by atoms with Crippen molar-refractivity contribution < 1.29 is 19.1 Å². The molecular formula is C18H23NO4S. The van der Waals surface area contributed by atoms with Crippen LogP contribution >= 0.6 is 11.8 Å². The summed E-state index contributed by atoms with van der Waals surface area (Å²) in [5.41, 5.74) is 1.99. The van der Waals surface area contributed by atoms with E-state index in [2.05, 4.69) is 20.8 Å². The van der Waals surface area contributed by atoms with Gasteiger partial charge in [-0.15, -0.1) is 0 Å². The number of nitrogens with zero attached hydrogens (tertiary/aromatic N) is 1. The van der Waals surface area contributed by atoms with Crippen molar-refractivity contribution in [2.24, 2.45) is 0 Å². The minimum absolute atomic E-state index is 0.0188. The van der Waals surface area contributed by atoms with Crippen molar-refractivity contribution >= 4 is 28.9 Å². The highest BCUT2D eigenvalue weighted by Gasteiger charge is 2.34. The van der Waals surface area contributed by atoms with E-state index in [0.717, 1.165) is 27.8 Å². The van der Waals surface area contributed by atoms with Crippen LogP contribution < -0.4 is 0 Å². The molecule has 1 aliphatic rings. The fourth-order valence-electron chi connectivity index (χ4n) is 2.51. The zero-order valence-electron chi connectivity index (χ0n) is 14.5. The van der Waals surface area contributed by atoms with E-state index in [1.54, 1.807) is 0 Å². The maximum atomic E-state index is 12.8. The van der Waals surface area contributed by atoms with Gasteiger partial charge in [-0.25, -0.2) is 9.69 Å². The molecule has 0 unspecified atom stereocenters. The average molecular weight is 349 g/mol. The van der Waals surface area contributed by atoms with Crippen molar-refractivity contribution in [1.29, 1.82) is 0 Å². The number of rotatable bonds is 4. The van der Waals surface area contributed by atoms with Gasteiger partial charge < -0.3 is 4.74 Å². The number of benzene rings is 1. The fraction of sp³-hybridized carbons (Fsp3) is 0.500. The highest BCUT2D eigenvalue weighted by atomic mass is 32.2. The van der Waals surface area contributed by atoms with Gasteiger partial charge in [-0.1, -0.05) is 56.8 Å². The van der Waals surface area contributed by atoms with Crippen LogP contribution in [0.15, 0.2) is 24.3 Å². The molecule has 1 fully saturated rings. The summed E-state index contributed by atoms with van der Waals surface area (Å²) in [7, 11) is 0. The highest BCUT2D eigenvalue weighted by molar-refractivity contribution is 8.13. The molecule has 0 bridgehead atoms. The Hall–Kier alpha value is -1.82. The Morgan fingerprint density at radius 1 is 1.25 bits per heavy atom. The van der Waals surface area contributed by atoms with Gasteiger partial charge >= 0.3 is 6.09 Å². The summed E-state index contributed by atoms with van der Waals surface area (Å²) in [6.07, 6.45) is -0.607. The van der Waals surface area contributed by atoms with Crippen LogP contribution in [-0.2, 0) is 19.7 Å². The normalized spacial score (nSPS) is 16.0. The number of hydrogen-bond donors (Lipinski definition) is 0. The van der Waals surface area contributed by atoms with Crippen LogP contribution in [0, 0.1) is 0 Å². The number of cyclic esters (lactones) is 1. The third-order valence-corrected chi connectivity index (χ3v) is 4.86. The monoisotopic (exact) mass is 349 g/mol. The number of thioether (sulfide) groups is 1. The predicted molar refractivity (Wildman–Crippen MR) is 94.1 cm³/mol. The Kier molecular flexibility index (Phi) is 5.70. The number of hydrogen-bond acceptors (Lipinski definition) is 5. The van der Waals surface area contributed by atoms with E-state index < -0.39 is 12.0 Å². The zero-order chi connectivity index (χ0) is 17.9. The molecule has 1 atom stereocenters. The van der Waals surface area contributed by atoms with E-state index in [1.165, 1.54) is 6.92 Å². The smallest absolute Gasteiger partial charge is 0.416 e. The lowest BCUT2D eigenvalue weighted by Crippen LogP contribution is -2.36. The van der Waals surface area contributed by atoms with E-state index in [0.29, 0.717) is 5.75 Å². The molecule has 5 nitrogen and oxygen atoms in total. The lowest BCUT2D eigenvalue weighted by Gasteiger charge is -2.22. The van der Waals surface area contributed by atoms with Crippen molar-refractivity contribution in [3.05, 3.63) is 35.4 Å². The molecule has 1 aromatic carbocycles. The Morgan fingerprint density at radius 2 is 1.88 bits per heavy atom. The summed E-state index contributed by atoms with van der Waals surface area (Å²) in [6, 6.07) is 7.81. The van der Waals surface area contributed by atoms with Crippen molar-refractivity contribution in [2.75, 3.05) is 18.9 Å². The standard InChI is InChI=1S/C18H23NO4S/c1-12(20)24-11-15(16(21)19-9-10-23-17(19)22)13-5-7-14(8-6-13)18(2,3)4/h5-8,15H,9-11H2,1-4H3/t15-/m1/s1. The van der Waals surface area contributed by atoms with Crippen LogP contribution in [-0.4, -0.2) is 40.9 Å². The minimum Gasteiger partial charge on any atom is -0.447 e. The van der Waals surface area contributed by atoms with Gasteiger partial charge in [0.15, 0.2) is 5.12 Å². The Bertz CT molecular complexity index is 633. The molecule has 0 N–H and O–H groups in total. The van der Waals surface area contributed by atoms with Gasteiger partial charge in [0.05, 0.1) is 12.5 Å². The van der Waals surface area contributed by atoms with Gasteiger partial charge in [0.25, 0.3) is 0 Å². The van der Waals surface area contributed by atoms with Crippen LogP contribution in [0.5, 0.6) is 0 Å². The van der Waals surface area contributed by atoms with E-state index in [4.69, 9.17) is 4.74 Å². The van der Waals surface area contributed by atoms with Crippen LogP contribution in [0.3, 0.4) is 0 Å². The van der Waals surface area contributed by atoms with Crippen LogP contribution in [0.4, 0.5) is 4.79 Å². The van der Waals surface area contributed by atoms with Crippen LogP contribution in [0.1, 0.15) is 44.7 Å². The fourth-order valence-corrected chi connectivity index (χ4v) is 3.24. The van der Waals surface area contributed by atoms with Crippen molar-refractivity contribution in [1.82, 2.24) is 4.90 Å². The Morgan fingerprint density at radius 3 is 2.33 bits per heavy atom. The number of carbonyl (C=O) groups is 3. The van der Waals surface area contributed by atoms with E-state index in [1.807, 2.05) is 24.3 Å². The Labute approximate surface area is 146 Å². The largest absolute Gasteiger partial charge is 0.447 e. The second-order valence-corrected chi connectivity index (χ2v) is 8.03. The first-order chi connectivity index (χ1) is 11.2. The summed E-state index contributed by atoms with van der Waals surface area (Å²) in [4.78, 5) is 36.9. The molecular weight excluding hydrogens is 326 g/mol. The summed E-state index contributed by atoms with van der Waals surface area (Å²) in [5, 5.41) is -0.0527. The van der Waals surface area contributed by atoms with Crippen molar-refractivity contribution in [3.8, 4) is 0 Å². The Balaban J connectivity index is 2.26. The quantitative estimate of drug-likeness (QED) is 0.834. The van der Waals surface area contributed by atoms with Crippen LogP contribution in [0.2, 0.25) is 0 Å². The molecule has 1 heterocycles. The van der Waals surface area contributed by atoms with Gasteiger partial charge in [0, 0.05) is 12.7 Å². The van der Waals surface area contributed by atoms with Gasteiger partial charge in [-0.05, 0) is 16.5 Å². The molecule has 0 spiro atoms. The van der Waals surface area contributed by atoms with Crippen LogP contribution in [0.25, 0.3) is 0 Å². The molecule has 24 heavy (non-hydrogen) atoms. The number of amides is 2. The first-order valence-corrected chi connectivity index (χ1v) is 8.90. The highest BCUT2D eigenvalue weighted by Crippen LogP contribution is 2.28. The molecule has 2 amide bonds. The molecule has 2 rings (SSSR count). The van der Waals surface area contributed by atoms with E-state index >= 15 is 0 Å². The van der Waals surface area contributed by atoms with Gasteiger partial charge in [0.2, 0.25) is 5.91 Å². The lowest BCUT2D eigenvalue weighted by molar-refractivity contribution is -0.128. The number of imide groups is 1. The average Bonchev–Trinajstić information content (AvgIpc) is 2.92. The maximum Gasteiger partial charge on any atom is 0.416 e. The van der Waals surface area contributed by atoms with Crippen molar-refractivity contribution in [3.63, 3.8) is 0 Å². The van der Waals surface area contributed by atoms with E-state index in [-0.39, 0.29) is 29.6 Å². The third-order valence-electron chi connectivity index (χ3n) is 3.96. The number of ether oxygens (including phenoxy) is 1. The summed E-state index contributed by atoms with van der Waals surface area (Å²) >= 11 is 1.09. The molecule has 130 valence electrons.